The molecule has 2 aromatic rings. The summed E-state index contributed by atoms with van der Waals surface area (Å²) in [5.41, 5.74) is 3.15. The average molecular weight is 378 g/mol. The molecular weight excluding hydrogens is 356 g/mol. The molecule has 0 bridgehead atoms. The van der Waals surface area contributed by atoms with Crippen LogP contribution in [0.2, 0.25) is 0 Å². The second-order valence-corrected chi connectivity index (χ2v) is 8.10. The van der Waals surface area contributed by atoms with Gasteiger partial charge in [0.1, 0.15) is 35.3 Å². The number of nitrogens with zero attached hydrogens (tertiary/aromatic N) is 3. The van der Waals surface area contributed by atoms with Gasteiger partial charge in [0.2, 0.25) is 0 Å². The molecule has 3 heterocycles. The Morgan fingerprint density at radius 2 is 2.11 bits per heavy atom. The van der Waals surface area contributed by atoms with Gasteiger partial charge in [0.15, 0.2) is 17.5 Å². The first-order valence-electron chi connectivity index (χ1n) is 8.55. The van der Waals surface area contributed by atoms with Crippen molar-refractivity contribution in [2.45, 2.75) is 62.8 Å². The second-order valence-electron chi connectivity index (χ2n) is 8.10. The fraction of sp³-hybridized carbons (Fsp3) is 0.588. The molecule has 5 atom stereocenters. The van der Waals surface area contributed by atoms with Gasteiger partial charge >= 0.3 is 6.16 Å². The zero-order valence-corrected chi connectivity index (χ0v) is 15.4. The third kappa shape index (κ3) is 2.47. The monoisotopic (exact) mass is 378 g/mol. The normalized spacial score (nSPS) is 35.1. The van der Waals surface area contributed by atoms with Crippen molar-refractivity contribution >= 4 is 17.5 Å². The molecule has 10 nitrogen and oxygen atoms in total. The van der Waals surface area contributed by atoms with E-state index in [2.05, 4.69) is 10.1 Å². The van der Waals surface area contributed by atoms with Gasteiger partial charge in [-0.05, 0) is 39.8 Å². The standard InChI is InChI=1S/C17H22N4O6/c1-15(2,3)27-14(23)25-10-11-17(10,24)13(22)16(4,26-11)9-6-5-8-12(18)19-7-20-21(8)9/h5-7,10-11,13,22,24H,1-4H3,(H2,18,19,20)/t10?,11-,13+,16+,17-/m1/s1. The topological polar surface area (TPSA) is 141 Å². The number of aromatic nitrogens is 3. The van der Waals surface area contributed by atoms with Gasteiger partial charge in [-0.3, -0.25) is 0 Å². The Morgan fingerprint density at radius 1 is 1.41 bits per heavy atom. The van der Waals surface area contributed by atoms with Gasteiger partial charge in [-0.25, -0.2) is 14.3 Å². The van der Waals surface area contributed by atoms with Gasteiger partial charge in [0.05, 0.1) is 5.69 Å². The lowest BCUT2D eigenvalue weighted by atomic mass is 9.91. The summed E-state index contributed by atoms with van der Waals surface area (Å²) in [6.07, 6.45) is -2.89. The Balaban J connectivity index is 1.57. The van der Waals surface area contributed by atoms with E-state index in [4.69, 9.17) is 19.9 Å². The van der Waals surface area contributed by atoms with Crippen molar-refractivity contribution < 1.29 is 29.2 Å². The summed E-state index contributed by atoms with van der Waals surface area (Å²) in [6.45, 7) is 6.73. The lowest BCUT2D eigenvalue weighted by Gasteiger charge is -2.32. The SMILES string of the molecule is CC(C)(C)OC(=O)OC1[C@H]2O[C@@](C)(c3ccc4c(N)ncnn34)[C@H](O)[C@@]12O. The van der Waals surface area contributed by atoms with Crippen LogP contribution >= 0.6 is 0 Å². The molecule has 0 radical (unpaired) electrons. The van der Waals surface area contributed by atoms with E-state index in [-0.39, 0.29) is 5.82 Å². The van der Waals surface area contributed by atoms with Crippen molar-refractivity contribution in [1.29, 1.82) is 0 Å². The zero-order chi connectivity index (χ0) is 19.8. The van der Waals surface area contributed by atoms with Gasteiger partial charge in [-0.2, -0.15) is 5.10 Å². The zero-order valence-electron chi connectivity index (χ0n) is 15.4. The van der Waals surface area contributed by atoms with Gasteiger partial charge in [-0.15, -0.1) is 0 Å². The number of anilines is 1. The number of ether oxygens (including phenoxy) is 3. The molecule has 1 unspecified atom stereocenters. The maximum Gasteiger partial charge on any atom is 0.509 e. The number of rotatable bonds is 2. The van der Waals surface area contributed by atoms with Crippen molar-refractivity contribution in [3.05, 3.63) is 24.2 Å². The van der Waals surface area contributed by atoms with Crippen molar-refractivity contribution in [2.75, 3.05) is 5.73 Å². The van der Waals surface area contributed by atoms with Crippen LogP contribution in [0.3, 0.4) is 0 Å². The molecule has 2 fully saturated rings. The van der Waals surface area contributed by atoms with Crippen molar-refractivity contribution in [3.63, 3.8) is 0 Å². The highest BCUT2D eigenvalue weighted by Gasteiger charge is 2.82. The number of hydrogen-bond acceptors (Lipinski definition) is 9. The van der Waals surface area contributed by atoms with Crippen LogP contribution in [0.25, 0.3) is 5.52 Å². The Morgan fingerprint density at radius 3 is 2.70 bits per heavy atom. The van der Waals surface area contributed by atoms with E-state index in [0.29, 0.717) is 11.2 Å². The molecule has 1 saturated carbocycles. The Bertz CT molecular complexity index is 924. The van der Waals surface area contributed by atoms with Crippen LogP contribution in [0.15, 0.2) is 18.5 Å². The number of carbonyl (C=O) groups is 1. The number of carbonyl (C=O) groups excluding carboxylic acids is 1. The number of nitrogen functional groups attached to an aromatic ring is 1. The first kappa shape index (κ1) is 18.0. The fourth-order valence-electron chi connectivity index (χ4n) is 3.63. The molecule has 2 aromatic heterocycles. The van der Waals surface area contributed by atoms with E-state index >= 15 is 0 Å². The molecule has 10 heteroatoms. The molecule has 146 valence electrons. The van der Waals surface area contributed by atoms with E-state index in [1.54, 1.807) is 39.8 Å². The van der Waals surface area contributed by atoms with Crippen LogP contribution in [-0.4, -0.2) is 60.5 Å². The van der Waals surface area contributed by atoms with Gasteiger partial charge in [-0.1, -0.05) is 0 Å². The third-order valence-corrected chi connectivity index (χ3v) is 5.01. The van der Waals surface area contributed by atoms with Crippen molar-refractivity contribution in [1.82, 2.24) is 14.6 Å². The smallest absolute Gasteiger partial charge is 0.429 e. The Kier molecular flexibility index (Phi) is 3.53. The quantitative estimate of drug-likeness (QED) is 0.631. The summed E-state index contributed by atoms with van der Waals surface area (Å²) in [4.78, 5) is 15.8. The van der Waals surface area contributed by atoms with Crippen molar-refractivity contribution in [2.24, 2.45) is 0 Å². The summed E-state index contributed by atoms with van der Waals surface area (Å²) in [7, 11) is 0. The predicted molar refractivity (Wildman–Crippen MR) is 91.7 cm³/mol. The second kappa shape index (κ2) is 5.31. The van der Waals surface area contributed by atoms with Crippen LogP contribution in [0.5, 0.6) is 0 Å². The van der Waals surface area contributed by atoms with Crippen LogP contribution in [-0.2, 0) is 19.8 Å². The van der Waals surface area contributed by atoms with Crippen LogP contribution in [0.4, 0.5) is 10.6 Å². The van der Waals surface area contributed by atoms with E-state index in [9.17, 15) is 15.0 Å². The molecule has 0 aromatic carbocycles. The van der Waals surface area contributed by atoms with Gasteiger partial charge < -0.3 is 30.2 Å². The van der Waals surface area contributed by atoms with E-state index < -0.39 is 41.3 Å². The van der Waals surface area contributed by atoms with Crippen LogP contribution in [0, 0.1) is 0 Å². The minimum absolute atomic E-state index is 0.280. The van der Waals surface area contributed by atoms with Crippen LogP contribution < -0.4 is 5.73 Å². The highest BCUT2D eigenvalue weighted by molar-refractivity contribution is 5.66. The molecule has 2 aliphatic rings. The molecule has 27 heavy (non-hydrogen) atoms. The average Bonchev–Trinajstić information content (AvgIpc) is 2.87. The number of nitrogens with two attached hydrogens (primary N) is 1. The molecule has 0 amide bonds. The van der Waals surface area contributed by atoms with Crippen LogP contribution in [0.1, 0.15) is 33.4 Å². The third-order valence-electron chi connectivity index (χ3n) is 5.01. The molecular formula is C17H22N4O6. The number of aliphatic hydroxyl groups is 2. The first-order valence-corrected chi connectivity index (χ1v) is 8.55. The minimum atomic E-state index is -1.73. The molecule has 1 saturated heterocycles. The first-order chi connectivity index (χ1) is 12.5. The van der Waals surface area contributed by atoms with Crippen molar-refractivity contribution in [3.8, 4) is 0 Å². The maximum absolute atomic E-state index is 11.9. The molecule has 4 rings (SSSR count). The molecule has 4 N–H and O–H groups in total. The minimum Gasteiger partial charge on any atom is -0.429 e. The Hall–Kier alpha value is -2.43. The summed E-state index contributed by atoms with van der Waals surface area (Å²) in [5.74, 6) is 0.280. The van der Waals surface area contributed by atoms with E-state index in [1.165, 1.54) is 10.8 Å². The number of aliphatic hydroxyl groups excluding tert-OH is 1. The van der Waals surface area contributed by atoms with E-state index in [0.717, 1.165) is 0 Å². The molecule has 1 aliphatic heterocycles. The molecule has 1 aliphatic carbocycles. The summed E-state index contributed by atoms with van der Waals surface area (Å²) in [5, 5.41) is 25.8. The lowest BCUT2D eigenvalue weighted by Crippen LogP contribution is -2.46. The molecule has 0 spiro atoms. The number of fused-ring (bicyclic) bond motifs is 2. The maximum atomic E-state index is 11.9. The fourth-order valence-corrected chi connectivity index (χ4v) is 3.63. The summed E-state index contributed by atoms with van der Waals surface area (Å²) >= 11 is 0. The largest absolute Gasteiger partial charge is 0.509 e. The lowest BCUT2D eigenvalue weighted by molar-refractivity contribution is -0.135. The number of hydrogen-bond donors (Lipinski definition) is 3. The highest BCUT2D eigenvalue weighted by atomic mass is 16.8. The van der Waals surface area contributed by atoms with E-state index in [1.807, 2.05) is 0 Å². The summed E-state index contributed by atoms with van der Waals surface area (Å²) < 4.78 is 17.7. The predicted octanol–water partition coefficient (Wildman–Crippen LogP) is 0.351. The van der Waals surface area contributed by atoms with Gasteiger partial charge in [0.25, 0.3) is 0 Å². The summed E-state index contributed by atoms with van der Waals surface area (Å²) in [6, 6.07) is 3.40. The highest BCUT2D eigenvalue weighted by Crippen LogP contribution is 2.59. The van der Waals surface area contributed by atoms with Gasteiger partial charge in [0, 0.05) is 0 Å². The Labute approximate surface area is 154 Å².